The van der Waals surface area contributed by atoms with Crippen LogP contribution in [0.3, 0.4) is 0 Å². The predicted octanol–water partition coefficient (Wildman–Crippen LogP) is 2.45. The van der Waals surface area contributed by atoms with Crippen LogP contribution in [0.15, 0.2) is 6.07 Å². The maximum Gasteiger partial charge on any atom is 0.209 e. The lowest BCUT2D eigenvalue weighted by atomic mass is 9.91. The third kappa shape index (κ3) is 2.27. The van der Waals surface area contributed by atoms with E-state index in [1.807, 2.05) is 0 Å². The second-order valence-corrected chi connectivity index (χ2v) is 4.37. The Morgan fingerprint density at radius 2 is 2.00 bits per heavy atom. The molecule has 1 aliphatic rings. The monoisotopic (exact) mass is 257 g/mol. The first-order valence-corrected chi connectivity index (χ1v) is 5.99. The molecule has 0 amide bonds. The Labute approximate surface area is 105 Å². The maximum absolute atomic E-state index is 14.2. The van der Waals surface area contributed by atoms with Gasteiger partial charge in [-0.1, -0.05) is 0 Å². The van der Waals surface area contributed by atoms with Gasteiger partial charge in [0.25, 0.3) is 0 Å². The molecule has 2 rings (SSSR count). The summed E-state index contributed by atoms with van der Waals surface area (Å²) < 4.78 is 37.7. The van der Waals surface area contributed by atoms with Gasteiger partial charge in [-0.3, -0.25) is 0 Å². The van der Waals surface area contributed by atoms with Crippen molar-refractivity contribution < 1.29 is 18.3 Å². The van der Waals surface area contributed by atoms with Gasteiger partial charge in [-0.15, -0.1) is 0 Å². The van der Waals surface area contributed by atoms with E-state index in [4.69, 9.17) is 9.47 Å². The third-order valence-corrected chi connectivity index (χ3v) is 3.32. The van der Waals surface area contributed by atoms with Gasteiger partial charge >= 0.3 is 0 Å². The first-order valence-electron chi connectivity index (χ1n) is 5.99. The fourth-order valence-electron chi connectivity index (χ4n) is 2.35. The Balaban J connectivity index is 2.45. The molecule has 1 atom stereocenters. The average molecular weight is 257 g/mol. The van der Waals surface area contributed by atoms with Crippen molar-refractivity contribution in [3.05, 3.63) is 23.3 Å². The second-order valence-electron chi connectivity index (χ2n) is 4.37. The van der Waals surface area contributed by atoms with Crippen LogP contribution < -0.4 is 14.8 Å². The second kappa shape index (κ2) is 5.52. The van der Waals surface area contributed by atoms with Gasteiger partial charge in [-0.25, -0.2) is 4.39 Å². The van der Waals surface area contributed by atoms with Crippen LogP contribution in [-0.4, -0.2) is 27.3 Å². The Kier molecular flexibility index (Phi) is 4.01. The van der Waals surface area contributed by atoms with Crippen molar-refractivity contribution in [2.75, 3.05) is 27.3 Å². The molecule has 0 aliphatic carbocycles. The molecule has 0 radical (unpaired) electrons. The number of nitrogens with one attached hydrogen (secondary N) is 1. The topological polar surface area (TPSA) is 30.5 Å². The highest BCUT2D eigenvalue weighted by Crippen LogP contribution is 2.37. The van der Waals surface area contributed by atoms with Gasteiger partial charge in [0.1, 0.15) is 0 Å². The van der Waals surface area contributed by atoms with E-state index in [1.54, 1.807) is 0 Å². The lowest BCUT2D eigenvalue weighted by Gasteiger charge is -2.24. The highest BCUT2D eigenvalue weighted by Gasteiger charge is 2.25. The predicted molar refractivity (Wildman–Crippen MR) is 64.3 cm³/mol. The number of rotatable bonds is 3. The molecule has 1 heterocycles. The summed E-state index contributed by atoms with van der Waals surface area (Å²) in [5, 5.41) is 3.21. The van der Waals surface area contributed by atoms with Crippen molar-refractivity contribution in [1.82, 2.24) is 5.32 Å². The number of ether oxygens (including phenoxy) is 2. The van der Waals surface area contributed by atoms with Crippen LogP contribution in [0, 0.1) is 11.6 Å². The summed E-state index contributed by atoms with van der Waals surface area (Å²) in [7, 11) is 2.61. The lowest BCUT2D eigenvalue weighted by Crippen LogP contribution is -2.29. The van der Waals surface area contributed by atoms with Crippen molar-refractivity contribution >= 4 is 0 Å². The molecular formula is C13H17F2NO2. The van der Waals surface area contributed by atoms with E-state index in [2.05, 4.69) is 5.32 Å². The fourth-order valence-corrected chi connectivity index (χ4v) is 2.35. The standard InChI is InChI=1S/C13H17F2NO2/c1-17-10-6-9(8-4-3-5-16-7-8)11(14)13(18-2)12(10)15/h6,8,16H,3-5,7H2,1-2H3. The van der Waals surface area contributed by atoms with Gasteiger partial charge in [0.05, 0.1) is 14.2 Å². The SMILES string of the molecule is COc1cc(C2CCCNC2)c(F)c(OC)c1F. The molecule has 0 saturated carbocycles. The quantitative estimate of drug-likeness (QED) is 0.902. The van der Waals surface area contributed by atoms with Gasteiger partial charge in [0.2, 0.25) is 5.82 Å². The highest BCUT2D eigenvalue weighted by atomic mass is 19.1. The van der Waals surface area contributed by atoms with Gasteiger partial charge in [-0.2, -0.15) is 4.39 Å². The normalized spacial score (nSPS) is 19.7. The summed E-state index contributed by atoms with van der Waals surface area (Å²) in [6.07, 6.45) is 1.86. The van der Waals surface area contributed by atoms with Crippen molar-refractivity contribution in [2.24, 2.45) is 0 Å². The van der Waals surface area contributed by atoms with Crippen LogP contribution in [0.4, 0.5) is 8.78 Å². The van der Waals surface area contributed by atoms with E-state index in [0.717, 1.165) is 19.4 Å². The molecule has 1 aromatic rings. The van der Waals surface area contributed by atoms with Crippen LogP contribution in [0.25, 0.3) is 0 Å². The van der Waals surface area contributed by atoms with Crippen LogP contribution in [-0.2, 0) is 0 Å². The number of halogens is 2. The molecule has 5 heteroatoms. The summed E-state index contributed by atoms with van der Waals surface area (Å²) in [5.74, 6) is -1.72. The number of piperidine rings is 1. The molecular weight excluding hydrogens is 240 g/mol. The highest BCUT2D eigenvalue weighted by molar-refractivity contribution is 5.43. The van der Waals surface area contributed by atoms with E-state index >= 15 is 0 Å². The number of hydrogen-bond donors (Lipinski definition) is 1. The molecule has 1 fully saturated rings. The van der Waals surface area contributed by atoms with Crippen molar-refractivity contribution in [2.45, 2.75) is 18.8 Å². The third-order valence-electron chi connectivity index (χ3n) is 3.32. The molecule has 1 aliphatic heterocycles. The van der Waals surface area contributed by atoms with Crippen LogP contribution in [0.2, 0.25) is 0 Å². The van der Waals surface area contributed by atoms with Crippen LogP contribution in [0.5, 0.6) is 11.5 Å². The van der Waals surface area contributed by atoms with E-state index in [0.29, 0.717) is 12.1 Å². The summed E-state index contributed by atoms with van der Waals surface area (Å²) in [5.41, 5.74) is 0.456. The molecule has 1 unspecified atom stereocenters. The van der Waals surface area contributed by atoms with E-state index in [-0.39, 0.29) is 17.4 Å². The van der Waals surface area contributed by atoms with Gasteiger partial charge in [0.15, 0.2) is 17.3 Å². The number of benzene rings is 1. The van der Waals surface area contributed by atoms with Crippen LogP contribution >= 0.6 is 0 Å². The number of methoxy groups -OCH3 is 2. The lowest BCUT2D eigenvalue weighted by molar-refractivity contribution is 0.327. The average Bonchev–Trinajstić information content (AvgIpc) is 2.41. The molecule has 18 heavy (non-hydrogen) atoms. The van der Waals surface area contributed by atoms with Gasteiger partial charge in [0, 0.05) is 6.54 Å². The molecule has 1 N–H and O–H groups in total. The molecule has 1 saturated heterocycles. The maximum atomic E-state index is 14.2. The first kappa shape index (κ1) is 13.1. The summed E-state index contributed by atoms with van der Waals surface area (Å²) in [6.45, 7) is 1.63. The zero-order valence-corrected chi connectivity index (χ0v) is 10.6. The molecule has 0 aromatic heterocycles. The number of hydrogen-bond acceptors (Lipinski definition) is 3. The zero-order valence-electron chi connectivity index (χ0n) is 10.6. The molecule has 3 nitrogen and oxygen atoms in total. The van der Waals surface area contributed by atoms with E-state index in [1.165, 1.54) is 20.3 Å². The van der Waals surface area contributed by atoms with Crippen molar-refractivity contribution in [1.29, 1.82) is 0 Å². The largest absolute Gasteiger partial charge is 0.494 e. The minimum Gasteiger partial charge on any atom is -0.494 e. The Morgan fingerprint density at radius 1 is 1.22 bits per heavy atom. The minimum atomic E-state index is -0.787. The summed E-state index contributed by atoms with van der Waals surface area (Å²) in [6, 6.07) is 1.44. The fraction of sp³-hybridized carbons (Fsp3) is 0.538. The van der Waals surface area contributed by atoms with E-state index < -0.39 is 11.6 Å². The summed E-state index contributed by atoms with van der Waals surface area (Å²) >= 11 is 0. The molecule has 100 valence electrons. The molecule has 0 spiro atoms. The zero-order chi connectivity index (χ0) is 13.1. The smallest absolute Gasteiger partial charge is 0.209 e. The van der Waals surface area contributed by atoms with Crippen LogP contribution in [0.1, 0.15) is 24.3 Å². The van der Waals surface area contributed by atoms with Crippen molar-refractivity contribution in [3.8, 4) is 11.5 Å². The Hall–Kier alpha value is -1.36. The van der Waals surface area contributed by atoms with Gasteiger partial charge in [-0.05, 0) is 36.9 Å². The molecule has 1 aromatic carbocycles. The Bertz CT molecular complexity index is 431. The van der Waals surface area contributed by atoms with Crippen molar-refractivity contribution in [3.63, 3.8) is 0 Å². The van der Waals surface area contributed by atoms with Gasteiger partial charge < -0.3 is 14.8 Å². The minimum absolute atomic E-state index is 0.0221. The first-order chi connectivity index (χ1) is 8.69. The summed E-state index contributed by atoms with van der Waals surface area (Å²) in [4.78, 5) is 0. The molecule has 0 bridgehead atoms. The van der Waals surface area contributed by atoms with E-state index in [9.17, 15) is 8.78 Å². The Morgan fingerprint density at radius 3 is 2.56 bits per heavy atom.